The molecule has 5 nitrogen and oxygen atoms in total. The first-order valence-electron chi connectivity index (χ1n) is 7.63. The minimum absolute atomic E-state index is 0.230. The van der Waals surface area contributed by atoms with Gasteiger partial charge in [-0.1, -0.05) is 18.2 Å². The molecular formula is C16H19FN4OS. The van der Waals surface area contributed by atoms with E-state index in [2.05, 4.69) is 15.7 Å². The zero-order valence-corrected chi connectivity index (χ0v) is 13.5. The summed E-state index contributed by atoms with van der Waals surface area (Å²) >= 11 is 5.26. The van der Waals surface area contributed by atoms with Crippen molar-refractivity contribution >= 4 is 23.0 Å². The summed E-state index contributed by atoms with van der Waals surface area (Å²) in [6.45, 7) is 1.91. The Morgan fingerprint density at radius 3 is 3.09 bits per heavy atom. The molecule has 0 saturated carbocycles. The lowest BCUT2D eigenvalue weighted by atomic mass is 10.2. The molecule has 0 bridgehead atoms. The second kappa shape index (κ2) is 7.52. The highest BCUT2D eigenvalue weighted by atomic mass is 32.1. The molecule has 2 aromatic rings. The number of rotatable bonds is 5. The van der Waals surface area contributed by atoms with Crippen LogP contribution in [0.4, 0.5) is 10.1 Å². The van der Waals surface area contributed by atoms with Crippen molar-refractivity contribution in [2.24, 2.45) is 0 Å². The first-order valence-corrected chi connectivity index (χ1v) is 8.04. The van der Waals surface area contributed by atoms with Gasteiger partial charge in [0.25, 0.3) is 0 Å². The fourth-order valence-electron chi connectivity index (χ4n) is 2.50. The third-order valence-corrected chi connectivity index (χ3v) is 3.94. The number of halogens is 1. The number of benzene rings is 1. The quantitative estimate of drug-likeness (QED) is 0.823. The van der Waals surface area contributed by atoms with Crippen LogP contribution >= 0.6 is 12.2 Å². The number of ether oxygens (including phenoxy) is 1. The first-order chi connectivity index (χ1) is 11.2. The van der Waals surface area contributed by atoms with Crippen molar-refractivity contribution in [3.05, 3.63) is 48.0 Å². The van der Waals surface area contributed by atoms with Gasteiger partial charge in [-0.15, -0.1) is 0 Å². The van der Waals surface area contributed by atoms with Gasteiger partial charge >= 0.3 is 0 Å². The molecule has 0 spiro atoms. The predicted molar refractivity (Wildman–Crippen MR) is 90.9 cm³/mol. The van der Waals surface area contributed by atoms with Crippen molar-refractivity contribution in [1.82, 2.24) is 15.1 Å². The normalized spacial score (nSPS) is 17.2. The molecule has 1 fully saturated rings. The van der Waals surface area contributed by atoms with Crippen molar-refractivity contribution in [2.45, 2.75) is 25.5 Å². The van der Waals surface area contributed by atoms with Gasteiger partial charge in [0.15, 0.2) is 5.11 Å². The Morgan fingerprint density at radius 1 is 1.43 bits per heavy atom. The maximum Gasteiger partial charge on any atom is 0.170 e. The summed E-state index contributed by atoms with van der Waals surface area (Å²) in [5, 5.41) is 11.0. The summed E-state index contributed by atoms with van der Waals surface area (Å²) in [7, 11) is 0. The summed E-state index contributed by atoms with van der Waals surface area (Å²) in [6.07, 6.45) is 5.87. The van der Waals surface area contributed by atoms with E-state index in [1.165, 1.54) is 6.07 Å². The zero-order valence-electron chi connectivity index (χ0n) is 12.7. The SMILES string of the molecule is Fc1ccccc1Cn1cc(NC(=S)NCC2CCCO2)cn1. The molecule has 1 atom stereocenters. The maximum atomic E-state index is 13.6. The molecule has 1 aliphatic rings. The maximum absolute atomic E-state index is 13.6. The summed E-state index contributed by atoms with van der Waals surface area (Å²) < 4.78 is 20.8. The van der Waals surface area contributed by atoms with Crippen LogP contribution in [0.1, 0.15) is 18.4 Å². The van der Waals surface area contributed by atoms with E-state index in [1.807, 2.05) is 6.07 Å². The lowest BCUT2D eigenvalue weighted by Crippen LogP contribution is -2.34. The predicted octanol–water partition coefficient (Wildman–Crippen LogP) is 2.54. The molecule has 1 aromatic carbocycles. The molecule has 1 aliphatic heterocycles. The average molecular weight is 334 g/mol. The van der Waals surface area contributed by atoms with Gasteiger partial charge in [0.05, 0.1) is 24.5 Å². The Kier molecular flexibility index (Phi) is 5.19. The largest absolute Gasteiger partial charge is 0.376 e. The highest BCUT2D eigenvalue weighted by molar-refractivity contribution is 7.80. The minimum atomic E-state index is -0.230. The van der Waals surface area contributed by atoms with E-state index in [-0.39, 0.29) is 11.9 Å². The van der Waals surface area contributed by atoms with Gasteiger partial charge in [0.2, 0.25) is 0 Å². The van der Waals surface area contributed by atoms with Gasteiger partial charge in [-0.25, -0.2) is 4.39 Å². The first kappa shape index (κ1) is 15.9. The van der Waals surface area contributed by atoms with Crippen LogP contribution in [0.25, 0.3) is 0 Å². The standard InChI is InChI=1S/C16H19FN4OS/c17-15-6-2-1-4-12(15)10-21-11-13(8-19-21)20-16(23)18-9-14-5-3-7-22-14/h1-2,4,6,8,11,14H,3,5,7,9-10H2,(H2,18,20,23). The number of thiocarbonyl (C=S) groups is 1. The summed E-state index contributed by atoms with van der Waals surface area (Å²) in [5.41, 5.74) is 1.37. The van der Waals surface area contributed by atoms with Crippen LogP contribution in [0.2, 0.25) is 0 Å². The molecule has 2 N–H and O–H groups in total. The van der Waals surface area contributed by atoms with Crippen molar-refractivity contribution < 1.29 is 9.13 Å². The second-order valence-corrected chi connectivity index (χ2v) is 5.90. The highest BCUT2D eigenvalue weighted by Crippen LogP contribution is 2.12. The number of nitrogens with one attached hydrogen (secondary N) is 2. The van der Waals surface area contributed by atoms with Gasteiger partial charge < -0.3 is 15.4 Å². The third-order valence-electron chi connectivity index (χ3n) is 3.70. The van der Waals surface area contributed by atoms with Gasteiger partial charge in [-0.3, -0.25) is 4.68 Å². The molecule has 122 valence electrons. The molecule has 1 unspecified atom stereocenters. The highest BCUT2D eigenvalue weighted by Gasteiger charge is 2.15. The molecule has 0 radical (unpaired) electrons. The zero-order chi connectivity index (χ0) is 16.1. The average Bonchev–Trinajstić information content (AvgIpc) is 3.19. The summed E-state index contributed by atoms with van der Waals surface area (Å²) in [4.78, 5) is 0. The van der Waals surface area contributed by atoms with E-state index in [9.17, 15) is 4.39 Å². The van der Waals surface area contributed by atoms with Crippen LogP contribution in [0.5, 0.6) is 0 Å². The van der Waals surface area contributed by atoms with Gasteiger partial charge in [-0.2, -0.15) is 5.10 Å². The Balaban J connectivity index is 1.50. The number of nitrogens with zero attached hydrogens (tertiary/aromatic N) is 2. The molecule has 1 saturated heterocycles. The van der Waals surface area contributed by atoms with E-state index in [4.69, 9.17) is 17.0 Å². The van der Waals surface area contributed by atoms with E-state index < -0.39 is 0 Å². The van der Waals surface area contributed by atoms with Crippen LogP contribution in [0.15, 0.2) is 36.7 Å². The summed E-state index contributed by atoms with van der Waals surface area (Å²) in [5.74, 6) is -0.230. The fourth-order valence-corrected chi connectivity index (χ4v) is 2.70. The van der Waals surface area contributed by atoms with Crippen molar-refractivity contribution in [2.75, 3.05) is 18.5 Å². The third kappa shape index (κ3) is 4.49. The van der Waals surface area contributed by atoms with Gasteiger partial charge in [0, 0.05) is 24.9 Å². The lowest BCUT2D eigenvalue weighted by molar-refractivity contribution is 0.114. The molecule has 7 heteroatoms. The monoisotopic (exact) mass is 334 g/mol. The van der Waals surface area contributed by atoms with Crippen LogP contribution < -0.4 is 10.6 Å². The van der Waals surface area contributed by atoms with Crippen LogP contribution in [0, 0.1) is 5.82 Å². The van der Waals surface area contributed by atoms with E-state index in [0.717, 1.165) is 25.1 Å². The van der Waals surface area contributed by atoms with Crippen LogP contribution in [-0.2, 0) is 11.3 Å². The van der Waals surface area contributed by atoms with Crippen LogP contribution in [0.3, 0.4) is 0 Å². The van der Waals surface area contributed by atoms with Gasteiger partial charge in [0.1, 0.15) is 5.82 Å². The molecule has 1 aromatic heterocycles. The number of aromatic nitrogens is 2. The molecule has 0 amide bonds. The lowest BCUT2D eigenvalue weighted by Gasteiger charge is -2.13. The molecule has 2 heterocycles. The second-order valence-electron chi connectivity index (χ2n) is 5.49. The molecular weight excluding hydrogens is 315 g/mol. The molecule has 3 rings (SSSR count). The summed E-state index contributed by atoms with van der Waals surface area (Å²) in [6, 6.07) is 6.68. The van der Waals surface area contributed by atoms with E-state index in [0.29, 0.717) is 23.8 Å². The smallest absolute Gasteiger partial charge is 0.170 e. The number of anilines is 1. The Hall–Kier alpha value is -1.99. The van der Waals surface area contributed by atoms with E-state index in [1.54, 1.807) is 29.2 Å². The Labute approximate surface area is 139 Å². The number of hydrogen-bond donors (Lipinski definition) is 2. The van der Waals surface area contributed by atoms with Crippen molar-refractivity contribution in [3.63, 3.8) is 0 Å². The number of hydrogen-bond acceptors (Lipinski definition) is 3. The minimum Gasteiger partial charge on any atom is -0.376 e. The van der Waals surface area contributed by atoms with E-state index >= 15 is 0 Å². The molecule has 0 aliphatic carbocycles. The fraction of sp³-hybridized carbons (Fsp3) is 0.375. The Bertz CT molecular complexity index is 670. The van der Waals surface area contributed by atoms with Crippen LogP contribution in [-0.4, -0.2) is 34.1 Å². The van der Waals surface area contributed by atoms with Gasteiger partial charge in [-0.05, 0) is 31.1 Å². The Morgan fingerprint density at radius 2 is 2.30 bits per heavy atom. The van der Waals surface area contributed by atoms with Crippen molar-refractivity contribution in [1.29, 1.82) is 0 Å². The topological polar surface area (TPSA) is 51.1 Å². The molecule has 23 heavy (non-hydrogen) atoms. The van der Waals surface area contributed by atoms with Crippen molar-refractivity contribution in [3.8, 4) is 0 Å².